The number of halogens is 7. The summed E-state index contributed by atoms with van der Waals surface area (Å²) in [5.41, 5.74) is -1.99. The summed E-state index contributed by atoms with van der Waals surface area (Å²) in [7, 11) is 0. The number of rotatable bonds is 4. The first-order valence-electron chi connectivity index (χ1n) is 6.65. The molecule has 0 atom stereocenters. The van der Waals surface area contributed by atoms with Crippen LogP contribution >= 0.6 is 23.4 Å². The van der Waals surface area contributed by atoms with Crippen LogP contribution < -0.4 is 5.32 Å². The summed E-state index contributed by atoms with van der Waals surface area (Å²) in [6.07, 6.45) is -7.98. The largest absolute Gasteiger partial charge is 0.417 e. The second-order valence-electron chi connectivity index (χ2n) is 4.77. The van der Waals surface area contributed by atoms with Crippen LogP contribution in [0.5, 0.6) is 0 Å². The Morgan fingerprint density at radius 3 is 2.15 bits per heavy atom. The number of carbonyl (C=O) groups excluding carboxylic acids is 1. The van der Waals surface area contributed by atoms with Crippen LogP contribution in [0.4, 0.5) is 32.2 Å². The highest BCUT2D eigenvalue weighted by atomic mass is 35.5. The maximum absolute atomic E-state index is 12.5. The Hall–Kier alpha value is -2.01. The number of alkyl halides is 6. The number of hydrogen-bond donors (Lipinski definition) is 1. The van der Waals surface area contributed by atoms with Gasteiger partial charge < -0.3 is 5.32 Å². The molecule has 2 rings (SSSR count). The van der Waals surface area contributed by atoms with Gasteiger partial charge in [0.25, 0.3) is 0 Å². The van der Waals surface area contributed by atoms with Crippen LogP contribution in [0.1, 0.15) is 11.1 Å². The molecule has 0 saturated carbocycles. The molecule has 0 saturated heterocycles. The van der Waals surface area contributed by atoms with Gasteiger partial charge in [0.05, 0.1) is 26.9 Å². The molecule has 0 aromatic carbocycles. The van der Waals surface area contributed by atoms with E-state index in [0.717, 1.165) is 23.9 Å². The third-order valence-electron chi connectivity index (χ3n) is 2.84. The quantitative estimate of drug-likeness (QED) is 0.570. The number of hydrogen-bond acceptors (Lipinski definition) is 4. The first kappa shape index (κ1) is 20.3. The second kappa shape index (κ2) is 7.70. The van der Waals surface area contributed by atoms with E-state index in [0.29, 0.717) is 18.5 Å². The third-order valence-corrected chi connectivity index (χ3v) is 4.07. The Labute approximate surface area is 152 Å². The molecule has 4 nitrogen and oxygen atoms in total. The minimum absolute atomic E-state index is 0.166. The first-order valence-corrected chi connectivity index (χ1v) is 8.02. The Morgan fingerprint density at radius 1 is 1.04 bits per heavy atom. The first-order chi connectivity index (χ1) is 12.0. The van der Waals surface area contributed by atoms with Crippen molar-refractivity contribution in [2.75, 3.05) is 11.1 Å². The van der Waals surface area contributed by atoms with Crippen LogP contribution in [0, 0.1) is 0 Å². The van der Waals surface area contributed by atoms with Crippen molar-refractivity contribution in [1.29, 1.82) is 0 Å². The smallest absolute Gasteiger partial charge is 0.309 e. The summed E-state index contributed by atoms with van der Waals surface area (Å²) in [6.45, 7) is 0. The molecular formula is C14H8ClF6N3OS. The minimum atomic E-state index is -4.62. The van der Waals surface area contributed by atoms with E-state index in [1.807, 2.05) is 0 Å². The summed E-state index contributed by atoms with van der Waals surface area (Å²) >= 11 is 6.49. The van der Waals surface area contributed by atoms with Crippen LogP contribution in [0.2, 0.25) is 5.02 Å². The van der Waals surface area contributed by atoms with Crippen LogP contribution in [0.25, 0.3) is 0 Å². The van der Waals surface area contributed by atoms with Gasteiger partial charge >= 0.3 is 12.4 Å². The number of aromatic nitrogens is 2. The number of nitrogens with zero attached hydrogens (tertiary/aromatic N) is 2. The SMILES string of the molecule is O=C(CSc1ccc(C(F)(F)F)cn1)Nc1ncc(C(F)(F)F)cc1Cl. The van der Waals surface area contributed by atoms with E-state index in [-0.39, 0.29) is 16.6 Å². The van der Waals surface area contributed by atoms with E-state index in [1.165, 1.54) is 0 Å². The molecule has 0 radical (unpaired) electrons. The van der Waals surface area contributed by atoms with E-state index in [9.17, 15) is 31.1 Å². The Bertz CT molecular complexity index is 795. The van der Waals surface area contributed by atoms with Crippen LogP contribution in [0.3, 0.4) is 0 Å². The van der Waals surface area contributed by atoms with Gasteiger partial charge in [-0.2, -0.15) is 26.3 Å². The fraction of sp³-hybridized carbons (Fsp3) is 0.214. The fourth-order valence-electron chi connectivity index (χ4n) is 1.63. The average molecular weight is 416 g/mol. The van der Waals surface area contributed by atoms with Gasteiger partial charge in [0.15, 0.2) is 5.82 Å². The third kappa shape index (κ3) is 5.49. The summed E-state index contributed by atoms with van der Waals surface area (Å²) in [5, 5.41) is 1.99. The van der Waals surface area contributed by atoms with Crippen LogP contribution in [0.15, 0.2) is 35.6 Å². The molecular weight excluding hydrogens is 408 g/mol. The molecule has 0 bridgehead atoms. The molecule has 2 aromatic heterocycles. The Kier molecular flexibility index (Phi) is 6.02. The lowest BCUT2D eigenvalue weighted by Crippen LogP contribution is -2.16. The van der Waals surface area contributed by atoms with Crippen molar-refractivity contribution in [3.63, 3.8) is 0 Å². The molecule has 0 spiro atoms. The van der Waals surface area contributed by atoms with Crippen LogP contribution in [-0.2, 0) is 17.1 Å². The Balaban J connectivity index is 1.95. The average Bonchev–Trinajstić information content (AvgIpc) is 2.53. The van der Waals surface area contributed by atoms with Gasteiger partial charge in [-0.05, 0) is 18.2 Å². The number of amides is 1. The highest BCUT2D eigenvalue weighted by Crippen LogP contribution is 2.32. The van der Waals surface area contributed by atoms with E-state index < -0.39 is 34.4 Å². The molecule has 140 valence electrons. The molecule has 2 heterocycles. The normalized spacial score (nSPS) is 12.1. The molecule has 1 N–H and O–H groups in total. The number of anilines is 1. The number of pyridine rings is 2. The summed E-state index contributed by atoms with van der Waals surface area (Å²) in [6, 6.07) is 2.54. The van der Waals surface area contributed by atoms with Crippen molar-refractivity contribution in [2.45, 2.75) is 17.4 Å². The van der Waals surface area contributed by atoms with E-state index >= 15 is 0 Å². The molecule has 0 aliphatic rings. The van der Waals surface area contributed by atoms with Gasteiger partial charge in [-0.15, -0.1) is 0 Å². The van der Waals surface area contributed by atoms with Gasteiger partial charge in [0.1, 0.15) is 0 Å². The van der Waals surface area contributed by atoms with Crippen molar-refractivity contribution < 1.29 is 31.1 Å². The minimum Gasteiger partial charge on any atom is -0.309 e. The molecule has 12 heteroatoms. The fourth-order valence-corrected chi connectivity index (χ4v) is 2.48. The summed E-state index contributed by atoms with van der Waals surface area (Å²) in [4.78, 5) is 18.8. The summed E-state index contributed by atoms with van der Waals surface area (Å²) in [5.74, 6) is -1.17. The molecule has 0 aliphatic heterocycles. The number of carbonyl (C=O) groups is 1. The van der Waals surface area contributed by atoms with E-state index in [1.54, 1.807) is 0 Å². The molecule has 1 amide bonds. The standard InChI is InChI=1S/C14H8ClF6N3OS/c15-9-3-8(14(19,20)21)5-23-12(9)24-10(25)6-26-11-2-1-7(4-22-11)13(16,17)18/h1-5H,6H2,(H,23,24,25). The molecule has 2 aromatic rings. The zero-order chi connectivity index (χ0) is 19.5. The van der Waals surface area contributed by atoms with Crippen LogP contribution in [-0.4, -0.2) is 21.6 Å². The number of thioether (sulfide) groups is 1. The van der Waals surface area contributed by atoms with Gasteiger partial charge in [0, 0.05) is 12.4 Å². The summed E-state index contributed by atoms with van der Waals surface area (Å²) < 4.78 is 74.8. The van der Waals surface area contributed by atoms with Gasteiger partial charge in [0.2, 0.25) is 5.91 Å². The van der Waals surface area contributed by atoms with E-state index in [4.69, 9.17) is 11.6 Å². The van der Waals surface area contributed by atoms with Gasteiger partial charge in [-0.3, -0.25) is 4.79 Å². The zero-order valence-electron chi connectivity index (χ0n) is 12.5. The zero-order valence-corrected chi connectivity index (χ0v) is 14.0. The van der Waals surface area contributed by atoms with Crippen molar-refractivity contribution in [2.24, 2.45) is 0 Å². The number of nitrogens with one attached hydrogen (secondary N) is 1. The monoisotopic (exact) mass is 415 g/mol. The van der Waals surface area contributed by atoms with Gasteiger partial charge in [-0.1, -0.05) is 23.4 Å². The van der Waals surface area contributed by atoms with Crippen molar-refractivity contribution in [3.8, 4) is 0 Å². The van der Waals surface area contributed by atoms with Crippen molar-refractivity contribution in [1.82, 2.24) is 9.97 Å². The molecule has 0 unspecified atom stereocenters. The predicted octanol–water partition coefficient (Wildman–Crippen LogP) is 4.90. The van der Waals surface area contributed by atoms with Crippen molar-refractivity contribution in [3.05, 3.63) is 46.7 Å². The van der Waals surface area contributed by atoms with Gasteiger partial charge in [-0.25, -0.2) is 9.97 Å². The maximum Gasteiger partial charge on any atom is 0.417 e. The lowest BCUT2D eigenvalue weighted by atomic mass is 10.3. The molecule has 0 aliphatic carbocycles. The lowest BCUT2D eigenvalue weighted by Gasteiger charge is -2.10. The molecule has 0 fully saturated rings. The van der Waals surface area contributed by atoms with E-state index in [2.05, 4.69) is 15.3 Å². The topological polar surface area (TPSA) is 54.9 Å². The Morgan fingerprint density at radius 2 is 1.65 bits per heavy atom. The maximum atomic E-state index is 12.5. The highest BCUT2D eigenvalue weighted by Gasteiger charge is 2.32. The second-order valence-corrected chi connectivity index (χ2v) is 6.17. The predicted molar refractivity (Wildman–Crippen MR) is 82.8 cm³/mol. The lowest BCUT2D eigenvalue weighted by molar-refractivity contribution is -0.138. The highest BCUT2D eigenvalue weighted by molar-refractivity contribution is 7.99. The molecule has 26 heavy (non-hydrogen) atoms. The van der Waals surface area contributed by atoms with Crippen molar-refractivity contribution >= 4 is 35.1 Å².